The molecular formula is C114H74N14O8. The number of carbonyl (C=O) groups is 8. The molecule has 0 unspecified atom stereocenters. The molecule has 12 aromatic carbocycles. The summed E-state index contributed by atoms with van der Waals surface area (Å²) in [6, 6.07) is 100. The van der Waals surface area contributed by atoms with E-state index in [4.69, 9.17) is 0 Å². The molecule has 4 aliphatic rings. The molecule has 4 aliphatic heterocycles. The van der Waals surface area contributed by atoms with Crippen LogP contribution in [0.25, 0.3) is 177 Å². The van der Waals surface area contributed by atoms with Gasteiger partial charge in [-0.3, -0.25) is 87.9 Å². The third-order valence-corrected chi connectivity index (χ3v) is 26.3. The zero-order valence-corrected chi connectivity index (χ0v) is 73.3. The van der Waals surface area contributed by atoms with Crippen LogP contribution in [0.15, 0.2) is 378 Å². The number of hydrogen-bond donors (Lipinski definition) is 0. The first-order valence-corrected chi connectivity index (χ1v) is 44.0. The van der Waals surface area contributed by atoms with Crippen molar-refractivity contribution in [1.29, 1.82) is 0 Å². The molecule has 0 N–H and O–H groups in total. The van der Waals surface area contributed by atoms with E-state index in [1.165, 1.54) is 47.8 Å². The molecule has 0 fully saturated rings. The van der Waals surface area contributed by atoms with Crippen molar-refractivity contribution < 1.29 is 38.4 Å². The fourth-order valence-corrected chi connectivity index (χ4v) is 19.7. The topological polar surface area (TPSA) is 247 Å². The zero-order valence-electron chi connectivity index (χ0n) is 73.3. The minimum atomic E-state index is -0.291. The summed E-state index contributed by atoms with van der Waals surface area (Å²) in [5.41, 5.74) is 27.0. The van der Waals surface area contributed by atoms with Crippen LogP contribution in [0.4, 0.5) is 0 Å². The number of rotatable bonds is 10. The molecule has 0 atom stereocenters. The number of fused-ring (bicyclic) bond motifs is 16. The second-order valence-corrected chi connectivity index (χ2v) is 33.6. The van der Waals surface area contributed by atoms with Gasteiger partial charge in [-0.1, -0.05) is 115 Å². The van der Waals surface area contributed by atoms with Crippen LogP contribution in [-0.4, -0.2) is 143 Å². The van der Waals surface area contributed by atoms with E-state index in [9.17, 15) is 38.4 Å². The highest BCUT2D eigenvalue weighted by atomic mass is 16.2. The van der Waals surface area contributed by atoms with E-state index in [0.717, 1.165) is 165 Å². The second-order valence-electron chi connectivity index (χ2n) is 33.6. The monoisotopic (exact) mass is 1770 g/mol. The lowest BCUT2D eigenvalue weighted by Crippen LogP contribution is -2.24. The number of aromatic nitrogens is 10. The maximum absolute atomic E-state index is 13.2. The fraction of sp³-hybridized carbons (Fsp3) is 0.0351. The van der Waals surface area contributed by atoms with Crippen LogP contribution in [0.2, 0.25) is 0 Å². The van der Waals surface area contributed by atoms with Gasteiger partial charge in [0.1, 0.15) is 0 Å². The average molecular weight is 1770 g/mol. The normalized spacial score (nSPS) is 13.2. The SMILES string of the molecule is CN1C(=O)c2cccc(-n3c4cc(-c5ccncc5)ccc4c4ccc(-c5ccncc5)cc43)c2C1=O.CN1C(=O)c2cccc(-n3c4ccc(-c5ccncc5)cc4c4cc(-c5ccncc5)ccc43)c2C1=O.CN1C(=O)c2cccc(-n3c4ccccc4c4c(-c5ccncc5)cccc43)c2C1=O.CN1C(=O)c2cccc(-n3c4ccccc4c4cc(-c5ccncc5)ccc43)c2C1=O. The number of pyridine rings is 6. The van der Waals surface area contributed by atoms with Gasteiger partial charge in [-0.25, -0.2) is 0 Å². The van der Waals surface area contributed by atoms with Crippen LogP contribution in [0.3, 0.4) is 0 Å². The van der Waals surface area contributed by atoms with Gasteiger partial charge in [0.15, 0.2) is 0 Å². The summed E-state index contributed by atoms with van der Waals surface area (Å²) in [5.74, 6) is -2.20. The van der Waals surface area contributed by atoms with Crippen LogP contribution in [-0.2, 0) is 0 Å². The number of hydrogen-bond acceptors (Lipinski definition) is 14. The van der Waals surface area contributed by atoms with Crippen molar-refractivity contribution in [2.75, 3.05) is 28.2 Å². The molecule has 136 heavy (non-hydrogen) atoms. The van der Waals surface area contributed by atoms with E-state index in [1.807, 2.05) is 158 Å². The summed E-state index contributed by atoms with van der Waals surface area (Å²) >= 11 is 0. The molecule has 14 heterocycles. The van der Waals surface area contributed by atoms with Crippen molar-refractivity contribution in [2.24, 2.45) is 0 Å². The van der Waals surface area contributed by atoms with E-state index >= 15 is 0 Å². The lowest BCUT2D eigenvalue weighted by atomic mass is 10.0. The Morgan fingerprint density at radius 1 is 0.169 bits per heavy atom. The molecule has 0 radical (unpaired) electrons. The van der Waals surface area contributed by atoms with Gasteiger partial charge >= 0.3 is 0 Å². The Kier molecular flexibility index (Phi) is 19.7. The number of benzene rings is 12. The number of nitrogens with zero attached hydrogens (tertiary/aromatic N) is 14. The van der Waals surface area contributed by atoms with E-state index in [-0.39, 0.29) is 47.3 Å². The highest BCUT2D eigenvalue weighted by Crippen LogP contribution is 2.46. The largest absolute Gasteiger partial charge is 0.308 e. The maximum Gasteiger partial charge on any atom is 0.263 e. The Labute approximate surface area is 775 Å². The number of carbonyl (C=O) groups excluding carboxylic acids is 8. The molecule has 0 bridgehead atoms. The summed E-state index contributed by atoms with van der Waals surface area (Å²) in [5, 5.41) is 8.63. The highest BCUT2D eigenvalue weighted by molar-refractivity contribution is 6.28. The summed E-state index contributed by atoms with van der Waals surface area (Å²) in [4.78, 5) is 133. The molecule has 10 aromatic heterocycles. The molecule has 648 valence electrons. The molecule has 22 heteroatoms. The Morgan fingerprint density at radius 2 is 0.404 bits per heavy atom. The Hall–Kier alpha value is -18.7. The Balaban J connectivity index is 0.000000102. The molecule has 0 aliphatic carbocycles. The van der Waals surface area contributed by atoms with Crippen molar-refractivity contribution in [3.05, 3.63) is 422 Å². The van der Waals surface area contributed by atoms with E-state index in [1.54, 1.807) is 98.6 Å². The first-order valence-electron chi connectivity index (χ1n) is 44.0. The third kappa shape index (κ3) is 13.2. The molecule has 0 saturated carbocycles. The second kappa shape index (κ2) is 32.7. The molecule has 26 rings (SSSR count). The standard InChI is InChI=1S/2C31H20N4O2.2C26H17N3O2/c1-34-30(36)25-3-2-4-26(29(25)31(34)37)35-27-17-21(19-9-13-32-14-10-19)5-7-23(27)24-8-6-22(18-28(24)35)20-11-15-33-16-12-20;1-34-30(36)23-3-2-4-28(29(23)31(34)37)35-26-7-5-21(19-9-13-32-14-10-19)17-24(26)25-18-22(6-8-27(25)35)20-11-15-33-16-12-20;1-28-25(30)19-8-5-11-22(24(19)26(28)31)29-20-9-3-2-6-18(20)23-17(7-4-10-21(23)29)16-12-14-27-15-13-16;1-28-25(30)19-6-4-8-23(24(19)26(28)31)29-21-7-3-2-5-18(21)20-15-17(9-10-22(20)29)16-11-13-27-14-12-16/h2*2-18H,1H3;2*2-15H,1H3. The van der Waals surface area contributed by atoms with Gasteiger partial charge in [-0.2, -0.15) is 0 Å². The summed E-state index contributed by atoms with van der Waals surface area (Å²) in [7, 11) is 6.12. The molecule has 8 amide bonds. The van der Waals surface area contributed by atoms with Crippen LogP contribution in [0, 0.1) is 0 Å². The third-order valence-electron chi connectivity index (χ3n) is 26.3. The van der Waals surface area contributed by atoms with Gasteiger partial charge < -0.3 is 18.3 Å². The number of para-hydroxylation sites is 2. The van der Waals surface area contributed by atoms with Crippen LogP contribution in [0.1, 0.15) is 82.9 Å². The lowest BCUT2D eigenvalue weighted by Gasteiger charge is -2.13. The van der Waals surface area contributed by atoms with Crippen LogP contribution < -0.4 is 0 Å². The van der Waals surface area contributed by atoms with Gasteiger partial charge in [-0.05, 0) is 255 Å². The van der Waals surface area contributed by atoms with E-state index in [2.05, 4.69) is 169 Å². The van der Waals surface area contributed by atoms with Crippen LogP contribution in [0.5, 0.6) is 0 Å². The fourth-order valence-electron chi connectivity index (χ4n) is 19.7. The first kappa shape index (κ1) is 81.8. The predicted molar refractivity (Wildman–Crippen MR) is 528 cm³/mol. The van der Waals surface area contributed by atoms with Crippen LogP contribution >= 0.6 is 0 Å². The quantitative estimate of drug-likeness (QED) is 0.116. The van der Waals surface area contributed by atoms with Gasteiger partial charge in [0.25, 0.3) is 47.3 Å². The Morgan fingerprint density at radius 3 is 0.743 bits per heavy atom. The number of amides is 8. The smallest absolute Gasteiger partial charge is 0.263 e. The van der Waals surface area contributed by atoms with Crippen molar-refractivity contribution in [1.82, 2.24) is 67.8 Å². The lowest BCUT2D eigenvalue weighted by molar-refractivity contribution is 0.0678. The minimum absolute atomic E-state index is 0.261. The molecular weight excluding hydrogens is 1690 g/mol. The first-order chi connectivity index (χ1) is 66.5. The summed E-state index contributed by atoms with van der Waals surface area (Å²) in [6.45, 7) is 0. The zero-order chi connectivity index (χ0) is 92.4. The van der Waals surface area contributed by atoms with E-state index in [0.29, 0.717) is 55.9 Å². The minimum Gasteiger partial charge on any atom is -0.308 e. The van der Waals surface area contributed by atoms with Crippen molar-refractivity contribution in [2.45, 2.75) is 0 Å². The maximum atomic E-state index is 13.2. The highest BCUT2D eigenvalue weighted by Gasteiger charge is 2.41. The van der Waals surface area contributed by atoms with E-state index < -0.39 is 0 Å². The summed E-state index contributed by atoms with van der Waals surface area (Å²) in [6.07, 6.45) is 21.4. The van der Waals surface area contributed by atoms with Gasteiger partial charge in [0.05, 0.1) is 111 Å². The summed E-state index contributed by atoms with van der Waals surface area (Å²) < 4.78 is 8.40. The predicted octanol–water partition coefficient (Wildman–Crippen LogP) is 22.4. The molecule has 0 saturated heterocycles. The number of imide groups is 4. The van der Waals surface area contributed by atoms with Gasteiger partial charge in [-0.15, -0.1) is 0 Å². The Bertz CT molecular complexity index is 8670. The average Bonchev–Trinajstić information content (AvgIpc) is 1.59. The van der Waals surface area contributed by atoms with Gasteiger partial charge in [0, 0.05) is 146 Å². The molecule has 22 aromatic rings. The van der Waals surface area contributed by atoms with Crippen molar-refractivity contribution >= 4 is 134 Å². The van der Waals surface area contributed by atoms with Gasteiger partial charge in [0.2, 0.25) is 0 Å². The van der Waals surface area contributed by atoms with Crippen molar-refractivity contribution in [3.8, 4) is 89.5 Å². The van der Waals surface area contributed by atoms with Crippen molar-refractivity contribution in [3.63, 3.8) is 0 Å². The molecule has 0 spiro atoms. The molecule has 22 nitrogen and oxygen atoms in total.